The van der Waals surface area contributed by atoms with Gasteiger partial charge in [-0.25, -0.2) is 4.68 Å². The molecule has 0 unspecified atom stereocenters. The fourth-order valence-electron chi connectivity index (χ4n) is 4.00. The number of pyridine rings is 1. The number of piperidine rings is 1. The van der Waals surface area contributed by atoms with Crippen molar-refractivity contribution in [1.29, 1.82) is 0 Å². The van der Waals surface area contributed by atoms with Crippen molar-refractivity contribution in [2.75, 3.05) is 25.0 Å². The molecule has 138 valence electrons. The molecule has 0 radical (unpaired) electrons. The van der Waals surface area contributed by atoms with Gasteiger partial charge < -0.3 is 15.0 Å². The highest BCUT2D eigenvalue weighted by Crippen LogP contribution is 2.38. The number of nitrogens with one attached hydrogen (secondary N) is 1. The lowest BCUT2D eigenvalue weighted by Gasteiger charge is -2.33. The molecule has 1 saturated heterocycles. The molecule has 0 bridgehead atoms. The van der Waals surface area contributed by atoms with E-state index in [0.717, 1.165) is 54.4 Å². The Hall–Kier alpha value is -2.86. The van der Waals surface area contributed by atoms with Crippen LogP contribution in [-0.4, -0.2) is 40.9 Å². The summed E-state index contributed by atoms with van der Waals surface area (Å²) in [5, 5.41) is 7.73. The van der Waals surface area contributed by atoms with Crippen molar-refractivity contribution in [3.05, 3.63) is 54.4 Å². The fraction of sp³-hybridized carbons (Fsp3) is 0.333. The Labute approximate surface area is 158 Å². The van der Waals surface area contributed by atoms with Crippen LogP contribution in [0.25, 0.3) is 16.8 Å². The van der Waals surface area contributed by atoms with Crippen LogP contribution in [0.3, 0.4) is 0 Å². The lowest BCUT2D eigenvalue weighted by molar-refractivity contribution is 0.290. The molecule has 2 aliphatic heterocycles. The van der Waals surface area contributed by atoms with Gasteiger partial charge in [0.15, 0.2) is 0 Å². The molecule has 0 amide bonds. The van der Waals surface area contributed by atoms with Crippen LogP contribution in [-0.2, 0) is 6.61 Å². The number of fused-ring (bicyclic) bond motifs is 3. The van der Waals surface area contributed by atoms with E-state index in [1.54, 1.807) is 6.20 Å². The Morgan fingerprint density at radius 2 is 2.00 bits per heavy atom. The zero-order chi connectivity index (χ0) is 18.2. The first kappa shape index (κ1) is 16.3. The summed E-state index contributed by atoms with van der Waals surface area (Å²) in [6, 6.07) is 13.1. The Morgan fingerprint density at radius 3 is 2.81 bits per heavy atom. The standard InChI is InChI=1S/C21H23N5O/c1-25(16-7-10-22-11-8-16)20-6-5-19-18-4-3-17(26-12-2-9-23-26)13-15(18)14-27-21(19)24-20/h2-6,9,12-13,16,22H,7-8,10-11,14H2,1H3. The van der Waals surface area contributed by atoms with Crippen LogP contribution < -0.4 is 15.0 Å². The summed E-state index contributed by atoms with van der Waals surface area (Å²) in [5.74, 6) is 1.71. The zero-order valence-corrected chi connectivity index (χ0v) is 15.4. The lowest BCUT2D eigenvalue weighted by Crippen LogP contribution is -2.41. The highest BCUT2D eigenvalue weighted by Gasteiger charge is 2.23. The van der Waals surface area contributed by atoms with Crippen molar-refractivity contribution < 1.29 is 4.74 Å². The molecule has 0 aliphatic carbocycles. The van der Waals surface area contributed by atoms with Crippen molar-refractivity contribution >= 4 is 5.82 Å². The van der Waals surface area contributed by atoms with Gasteiger partial charge in [-0.15, -0.1) is 0 Å². The minimum absolute atomic E-state index is 0.532. The summed E-state index contributed by atoms with van der Waals surface area (Å²) < 4.78 is 7.89. The first-order valence-electron chi connectivity index (χ1n) is 9.50. The number of aromatic nitrogens is 3. The summed E-state index contributed by atoms with van der Waals surface area (Å²) in [7, 11) is 2.14. The second-order valence-corrected chi connectivity index (χ2v) is 7.19. The third kappa shape index (κ3) is 2.96. The molecule has 2 aliphatic rings. The number of nitrogens with zero attached hydrogens (tertiary/aromatic N) is 4. The summed E-state index contributed by atoms with van der Waals surface area (Å²) >= 11 is 0. The molecule has 0 spiro atoms. The molecular formula is C21H23N5O. The highest BCUT2D eigenvalue weighted by atomic mass is 16.5. The average Bonchev–Trinajstić information content (AvgIpc) is 3.28. The Morgan fingerprint density at radius 1 is 1.15 bits per heavy atom. The third-order valence-corrected chi connectivity index (χ3v) is 5.58. The number of hydrogen-bond donors (Lipinski definition) is 1. The number of rotatable bonds is 3. The number of ether oxygens (including phenoxy) is 1. The molecule has 1 N–H and O–H groups in total. The second kappa shape index (κ2) is 6.70. The first-order chi connectivity index (χ1) is 13.3. The molecule has 0 atom stereocenters. The smallest absolute Gasteiger partial charge is 0.223 e. The molecule has 4 heterocycles. The average molecular weight is 361 g/mol. The third-order valence-electron chi connectivity index (χ3n) is 5.58. The van der Waals surface area contributed by atoms with Gasteiger partial charge in [0, 0.05) is 31.0 Å². The normalized spacial score (nSPS) is 16.3. The Kier molecular flexibility index (Phi) is 4.05. The van der Waals surface area contributed by atoms with E-state index in [-0.39, 0.29) is 0 Å². The van der Waals surface area contributed by atoms with Crippen LogP contribution in [0.2, 0.25) is 0 Å². The maximum absolute atomic E-state index is 6.02. The van der Waals surface area contributed by atoms with E-state index in [4.69, 9.17) is 9.72 Å². The fourth-order valence-corrected chi connectivity index (χ4v) is 4.00. The summed E-state index contributed by atoms with van der Waals surface area (Å²) in [4.78, 5) is 7.12. The number of hydrogen-bond acceptors (Lipinski definition) is 5. The van der Waals surface area contributed by atoms with Crippen molar-refractivity contribution in [1.82, 2.24) is 20.1 Å². The van der Waals surface area contributed by atoms with E-state index >= 15 is 0 Å². The SMILES string of the molecule is CN(c1ccc2c(n1)OCc1cc(-n3cccn3)ccc1-2)C1CCNCC1. The van der Waals surface area contributed by atoms with Crippen LogP contribution in [0.15, 0.2) is 48.8 Å². The quantitative estimate of drug-likeness (QED) is 0.777. The van der Waals surface area contributed by atoms with Gasteiger partial charge in [0.2, 0.25) is 5.88 Å². The van der Waals surface area contributed by atoms with Crippen LogP contribution >= 0.6 is 0 Å². The van der Waals surface area contributed by atoms with Crippen molar-refractivity contribution in [3.8, 4) is 22.7 Å². The predicted molar refractivity (Wildman–Crippen MR) is 105 cm³/mol. The largest absolute Gasteiger partial charge is 0.472 e. The highest BCUT2D eigenvalue weighted by molar-refractivity contribution is 5.75. The zero-order valence-electron chi connectivity index (χ0n) is 15.4. The van der Waals surface area contributed by atoms with Gasteiger partial charge in [-0.3, -0.25) is 0 Å². The maximum atomic E-state index is 6.02. The summed E-state index contributed by atoms with van der Waals surface area (Å²) in [6.07, 6.45) is 6.03. The van der Waals surface area contributed by atoms with Gasteiger partial charge in [0.1, 0.15) is 12.4 Å². The van der Waals surface area contributed by atoms with E-state index in [1.807, 2.05) is 16.9 Å². The minimum Gasteiger partial charge on any atom is -0.472 e. The van der Waals surface area contributed by atoms with Gasteiger partial charge >= 0.3 is 0 Å². The van der Waals surface area contributed by atoms with E-state index < -0.39 is 0 Å². The molecule has 3 aromatic rings. The molecule has 6 heteroatoms. The van der Waals surface area contributed by atoms with E-state index in [1.165, 1.54) is 5.56 Å². The van der Waals surface area contributed by atoms with Gasteiger partial charge in [0.25, 0.3) is 0 Å². The van der Waals surface area contributed by atoms with Gasteiger partial charge in [-0.1, -0.05) is 6.07 Å². The molecule has 2 aromatic heterocycles. The van der Waals surface area contributed by atoms with E-state index in [0.29, 0.717) is 12.6 Å². The van der Waals surface area contributed by atoms with Crippen molar-refractivity contribution in [2.24, 2.45) is 0 Å². The van der Waals surface area contributed by atoms with E-state index in [9.17, 15) is 0 Å². The van der Waals surface area contributed by atoms with Crippen LogP contribution in [0.4, 0.5) is 5.82 Å². The molecule has 6 nitrogen and oxygen atoms in total. The molecule has 1 aromatic carbocycles. The minimum atomic E-state index is 0.532. The van der Waals surface area contributed by atoms with Crippen LogP contribution in [0.1, 0.15) is 18.4 Å². The number of benzene rings is 1. The summed E-state index contributed by atoms with van der Waals surface area (Å²) in [6.45, 7) is 2.68. The molecule has 5 rings (SSSR count). The second-order valence-electron chi connectivity index (χ2n) is 7.19. The lowest BCUT2D eigenvalue weighted by atomic mass is 9.98. The molecule has 0 saturated carbocycles. The molecule has 1 fully saturated rings. The topological polar surface area (TPSA) is 55.2 Å². The van der Waals surface area contributed by atoms with Gasteiger partial charge in [-0.2, -0.15) is 10.1 Å². The molecule has 27 heavy (non-hydrogen) atoms. The Balaban J connectivity index is 1.45. The first-order valence-corrected chi connectivity index (χ1v) is 9.50. The van der Waals surface area contributed by atoms with Gasteiger partial charge in [-0.05, 0) is 67.4 Å². The predicted octanol–water partition coefficient (Wildman–Crippen LogP) is 3.01. The monoisotopic (exact) mass is 361 g/mol. The van der Waals surface area contributed by atoms with Crippen molar-refractivity contribution in [3.63, 3.8) is 0 Å². The number of anilines is 1. The molecular weight excluding hydrogens is 338 g/mol. The van der Waals surface area contributed by atoms with Crippen LogP contribution in [0, 0.1) is 0 Å². The van der Waals surface area contributed by atoms with Gasteiger partial charge in [0.05, 0.1) is 5.69 Å². The summed E-state index contributed by atoms with van der Waals surface area (Å²) in [5.41, 5.74) is 4.46. The Bertz CT molecular complexity index is 947. The van der Waals surface area contributed by atoms with Crippen molar-refractivity contribution in [2.45, 2.75) is 25.5 Å². The van der Waals surface area contributed by atoms with E-state index in [2.05, 4.69) is 52.7 Å². The maximum Gasteiger partial charge on any atom is 0.223 e. The van der Waals surface area contributed by atoms with Crippen LogP contribution in [0.5, 0.6) is 5.88 Å².